The molecule has 0 unspecified atom stereocenters. The van der Waals surface area contributed by atoms with Crippen molar-refractivity contribution in [1.82, 2.24) is 0 Å². The van der Waals surface area contributed by atoms with Gasteiger partial charge in [-0.25, -0.2) is 0 Å². The van der Waals surface area contributed by atoms with E-state index in [4.69, 9.17) is 9.47 Å². The van der Waals surface area contributed by atoms with Crippen molar-refractivity contribution < 1.29 is 9.47 Å². The van der Waals surface area contributed by atoms with Crippen LogP contribution in [0.5, 0.6) is 5.75 Å². The number of hydrogen-bond donors (Lipinski definition) is 0. The minimum atomic E-state index is -1.97. The fourth-order valence-corrected chi connectivity index (χ4v) is 13.3. The number of unbranched alkanes of at least 4 members (excludes halogenated alkanes) is 3. The molecule has 0 aliphatic carbocycles. The second-order valence-corrected chi connectivity index (χ2v) is 22.0. The summed E-state index contributed by atoms with van der Waals surface area (Å²) in [5.74, 6) is 6.09. The molecule has 0 saturated carbocycles. The topological polar surface area (TPSA) is 18.5 Å². The van der Waals surface area contributed by atoms with Crippen molar-refractivity contribution in [2.45, 2.75) is 69.1 Å². The third kappa shape index (κ3) is 8.92. The van der Waals surface area contributed by atoms with Crippen molar-refractivity contribution in [3.63, 3.8) is 0 Å². The molecule has 0 bridgehead atoms. The summed E-state index contributed by atoms with van der Waals surface area (Å²) in [6.45, 7) is 6.30. The van der Waals surface area contributed by atoms with Crippen LogP contribution in [0.2, 0.25) is 16.8 Å². The van der Waals surface area contributed by atoms with Crippen LogP contribution in [0, 0.1) is 2.88 Å². The number of benzene rings is 1. The molecule has 0 N–H and O–H groups in total. The fourth-order valence-electron chi connectivity index (χ4n) is 3.35. The van der Waals surface area contributed by atoms with Gasteiger partial charge in [0.15, 0.2) is 0 Å². The Bertz CT molecular complexity index is 712. The predicted molar refractivity (Wildman–Crippen MR) is 139 cm³/mol. The first-order valence-electron chi connectivity index (χ1n) is 11.0. The molecule has 2 aromatic rings. The zero-order valence-electron chi connectivity index (χ0n) is 18.6. The van der Waals surface area contributed by atoms with Crippen molar-refractivity contribution in [3.05, 3.63) is 44.3 Å². The molecule has 2 nitrogen and oxygen atoms in total. The second kappa shape index (κ2) is 13.4. The van der Waals surface area contributed by atoms with E-state index >= 15 is 0 Å². The van der Waals surface area contributed by atoms with Crippen molar-refractivity contribution >= 4 is 50.9 Å². The molecular formula is C24H37GeIO2S. The van der Waals surface area contributed by atoms with E-state index in [1.165, 1.54) is 52.2 Å². The molecular weight excluding hydrogens is 552 g/mol. The Morgan fingerprint density at radius 1 is 0.966 bits per heavy atom. The van der Waals surface area contributed by atoms with Crippen molar-refractivity contribution in [2.24, 2.45) is 0 Å². The second-order valence-electron chi connectivity index (χ2n) is 8.29. The number of halogens is 1. The van der Waals surface area contributed by atoms with Crippen LogP contribution in [0.3, 0.4) is 0 Å². The van der Waals surface area contributed by atoms with E-state index in [0.29, 0.717) is 13.2 Å². The first-order valence-corrected chi connectivity index (χ1v) is 19.7. The molecule has 0 amide bonds. The van der Waals surface area contributed by atoms with Gasteiger partial charge in [0.2, 0.25) is 0 Å². The maximum atomic E-state index is 5.73. The summed E-state index contributed by atoms with van der Waals surface area (Å²) >= 11 is 2.67. The minimum absolute atomic E-state index is 0.618. The Hall–Kier alpha value is -0.0471. The van der Waals surface area contributed by atoms with Gasteiger partial charge in [-0.3, -0.25) is 0 Å². The zero-order chi connectivity index (χ0) is 21.1. The summed E-state index contributed by atoms with van der Waals surface area (Å²) in [6, 6.07) is 11.2. The molecule has 1 aromatic carbocycles. The molecule has 162 valence electrons. The summed E-state index contributed by atoms with van der Waals surface area (Å²) in [5, 5.41) is 1.34. The first kappa shape index (κ1) is 25.2. The molecule has 0 spiro atoms. The van der Waals surface area contributed by atoms with E-state index in [-0.39, 0.29) is 0 Å². The third-order valence-corrected chi connectivity index (χ3v) is 17.3. The van der Waals surface area contributed by atoms with E-state index in [9.17, 15) is 0 Å². The van der Waals surface area contributed by atoms with Crippen LogP contribution < -0.4 is 8.45 Å². The zero-order valence-corrected chi connectivity index (χ0v) is 23.6. The molecule has 0 fully saturated rings. The molecule has 1 heterocycles. The summed E-state index contributed by atoms with van der Waals surface area (Å²) in [6.07, 6.45) is 7.83. The molecule has 0 aliphatic rings. The molecule has 0 saturated heterocycles. The van der Waals surface area contributed by atoms with E-state index < -0.39 is 13.3 Å². The average Bonchev–Trinajstić information content (AvgIpc) is 3.09. The van der Waals surface area contributed by atoms with Crippen molar-refractivity contribution in [3.8, 4) is 5.75 Å². The van der Waals surface area contributed by atoms with Gasteiger partial charge in [0.1, 0.15) is 0 Å². The van der Waals surface area contributed by atoms with Crippen LogP contribution in [0.15, 0.2) is 30.3 Å². The SMILES string of the molecule is CCCCCCc1c[c]([Ge]([CH3])([CH3])[CH2]Cc2ccc(OCCOCC)cc2)sc1I. The normalized spacial score (nSPS) is 11.8. The molecule has 1 aromatic heterocycles. The fraction of sp³-hybridized carbons (Fsp3) is 0.583. The Kier molecular flexibility index (Phi) is 11.6. The Balaban J connectivity index is 1.86. The molecule has 5 heteroatoms. The Morgan fingerprint density at radius 3 is 2.41 bits per heavy atom. The summed E-state index contributed by atoms with van der Waals surface area (Å²) in [7, 11) is 0. The summed E-state index contributed by atoms with van der Waals surface area (Å²) < 4.78 is 14.3. The number of thiophene rings is 1. The molecule has 0 aliphatic heterocycles. The quantitative estimate of drug-likeness (QED) is 0.134. The third-order valence-electron chi connectivity index (χ3n) is 5.39. The van der Waals surface area contributed by atoms with Gasteiger partial charge in [-0.15, -0.1) is 0 Å². The van der Waals surface area contributed by atoms with Crippen LogP contribution in [-0.2, 0) is 17.6 Å². The van der Waals surface area contributed by atoms with Crippen molar-refractivity contribution in [1.29, 1.82) is 0 Å². The maximum absolute atomic E-state index is 5.73. The van der Waals surface area contributed by atoms with E-state index in [1.807, 2.05) is 6.92 Å². The molecule has 0 radical (unpaired) electrons. The summed E-state index contributed by atoms with van der Waals surface area (Å²) in [4.78, 5) is 0. The molecule has 0 atom stereocenters. The van der Waals surface area contributed by atoms with Crippen LogP contribution in [0.4, 0.5) is 0 Å². The van der Waals surface area contributed by atoms with Crippen LogP contribution in [0.25, 0.3) is 0 Å². The van der Waals surface area contributed by atoms with Gasteiger partial charge in [0.05, 0.1) is 0 Å². The van der Waals surface area contributed by atoms with Gasteiger partial charge >= 0.3 is 199 Å². The van der Waals surface area contributed by atoms with Crippen molar-refractivity contribution in [2.75, 3.05) is 19.8 Å². The van der Waals surface area contributed by atoms with Crippen LogP contribution in [-0.4, -0.2) is 33.1 Å². The van der Waals surface area contributed by atoms with Gasteiger partial charge in [0, 0.05) is 0 Å². The first-order chi connectivity index (χ1) is 14.0. The summed E-state index contributed by atoms with van der Waals surface area (Å²) in [5.41, 5.74) is 3.03. The van der Waals surface area contributed by atoms with Gasteiger partial charge < -0.3 is 0 Å². The number of hydrogen-bond acceptors (Lipinski definition) is 3. The van der Waals surface area contributed by atoms with Gasteiger partial charge in [-0.2, -0.15) is 0 Å². The Morgan fingerprint density at radius 2 is 1.72 bits per heavy atom. The van der Waals surface area contributed by atoms with Gasteiger partial charge in [0.25, 0.3) is 0 Å². The Labute approximate surface area is 198 Å². The average molecular weight is 589 g/mol. The monoisotopic (exact) mass is 590 g/mol. The van der Waals surface area contributed by atoms with Crippen LogP contribution >= 0.6 is 33.9 Å². The molecule has 29 heavy (non-hydrogen) atoms. The van der Waals surface area contributed by atoms with Gasteiger partial charge in [-0.05, 0) is 0 Å². The van der Waals surface area contributed by atoms with E-state index in [2.05, 4.69) is 82.7 Å². The predicted octanol–water partition coefficient (Wildman–Crippen LogP) is 7.05. The van der Waals surface area contributed by atoms with E-state index in [1.54, 1.807) is 9.27 Å². The molecule has 2 rings (SSSR count). The number of ether oxygens (including phenoxy) is 2. The van der Waals surface area contributed by atoms with E-state index in [0.717, 1.165) is 12.4 Å². The number of rotatable bonds is 14. The van der Waals surface area contributed by atoms with Gasteiger partial charge in [-0.1, -0.05) is 0 Å². The number of aryl methyl sites for hydroxylation is 2. The van der Waals surface area contributed by atoms with Crippen LogP contribution in [0.1, 0.15) is 50.7 Å². The standard InChI is InChI=1S/C24H37GeIO2S/c1-5-7-8-9-10-21-19-23(29-24(21)26)25(3,4)16-15-20-11-13-22(14-12-20)28-18-17-27-6-2/h11-14,19H,5-10,15-18H2,1-4H3.